The Hall–Kier alpha value is -1.48. The van der Waals surface area contributed by atoms with Gasteiger partial charge in [0.2, 0.25) is 0 Å². The number of nitrogens with zero attached hydrogens (tertiary/aromatic N) is 3. The van der Waals surface area contributed by atoms with E-state index in [2.05, 4.69) is 15.0 Å². The molecule has 3 N–H and O–H groups in total. The summed E-state index contributed by atoms with van der Waals surface area (Å²) < 4.78 is 6.87. The largest absolute Gasteiger partial charge is 0.387 e. The molecule has 0 aliphatic carbocycles. The first-order valence-electron chi connectivity index (χ1n) is 5.61. The van der Waals surface area contributed by atoms with Crippen molar-refractivity contribution < 1.29 is 14.9 Å². The van der Waals surface area contributed by atoms with Crippen LogP contribution in [0.25, 0.3) is 11.2 Å². The number of aliphatic hydroxyl groups is 2. The van der Waals surface area contributed by atoms with Gasteiger partial charge in [0.25, 0.3) is 5.56 Å². The number of imidazole rings is 1. The molecule has 1 saturated heterocycles. The molecule has 0 unspecified atom stereocenters. The maximum absolute atomic E-state index is 11.5. The number of aliphatic hydroxyl groups excluding tert-OH is 2. The minimum atomic E-state index is -1.16. The number of H-pyrrole nitrogens is 1. The lowest BCUT2D eigenvalue weighted by Crippen LogP contribution is -2.32. The van der Waals surface area contributed by atoms with Crippen molar-refractivity contribution in [3.63, 3.8) is 0 Å². The van der Waals surface area contributed by atoms with Gasteiger partial charge in [-0.2, -0.15) is 0 Å². The zero-order valence-corrected chi connectivity index (χ0v) is 10.4. The second kappa shape index (κ2) is 4.57. The number of aromatic amines is 1. The lowest BCUT2D eigenvalue weighted by molar-refractivity contribution is -0.0291. The summed E-state index contributed by atoms with van der Waals surface area (Å²) >= 11 is 5.65. The number of halogens is 1. The zero-order chi connectivity index (χ0) is 13.6. The second-order valence-corrected chi connectivity index (χ2v) is 4.56. The van der Waals surface area contributed by atoms with Crippen LogP contribution in [-0.4, -0.2) is 53.9 Å². The quantitative estimate of drug-likeness (QED) is 0.609. The van der Waals surface area contributed by atoms with Gasteiger partial charge in [0.1, 0.15) is 18.3 Å². The Morgan fingerprint density at radius 1 is 1.42 bits per heavy atom. The van der Waals surface area contributed by atoms with Crippen molar-refractivity contribution in [1.29, 1.82) is 0 Å². The molecule has 0 bridgehead atoms. The van der Waals surface area contributed by atoms with Gasteiger partial charge >= 0.3 is 0 Å². The molecule has 2 aromatic heterocycles. The van der Waals surface area contributed by atoms with Crippen LogP contribution in [0, 0.1) is 0 Å². The number of nitrogens with one attached hydrogen (secondary N) is 1. The fourth-order valence-corrected chi connectivity index (χ4v) is 2.39. The van der Waals surface area contributed by atoms with E-state index in [1.807, 2.05) is 0 Å². The molecular formula is C10H11ClN4O4. The van der Waals surface area contributed by atoms with Gasteiger partial charge in [-0.1, -0.05) is 0 Å². The molecule has 0 radical (unpaired) electrons. The molecule has 8 nitrogen and oxygen atoms in total. The van der Waals surface area contributed by atoms with Gasteiger partial charge in [-0.15, -0.1) is 11.6 Å². The van der Waals surface area contributed by atoms with Gasteiger partial charge in [0, 0.05) is 0 Å². The van der Waals surface area contributed by atoms with E-state index in [4.69, 9.17) is 16.3 Å². The Morgan fingerprint density at radius 3 is 2.89 bits per heavy atom. The monoisotopic (exact) mass is 286 g/mol. The van der Waals surface area contributed by atoms with Gasteiger partial charge in [-0.25, -0.2) is 9.97 Å². The van der Waals surface area contributed by atoms with Crippen molar-refractivity contribution in [2.24, 2.45) is 0 Å². The van der Waals surface area contributed by atoms with Gasteiger partial charge < -0.3 is 19.9 Å². The third-order valence-electron chi connectivity index (χ3n) is 3.13. The number of aromatic nitrogens is 4. The Morgan fingerprint density at radius 2 is 2.21 bits per heavy atom. The maximum Gasteiger partial charge on any atom is 0.278 e. The smallest absolute Gasteiger partial charge is 0.278 e. The molecule has 19 heavy (non-hydrogen) atoms. The maximum atomic E-state index is 11.5. The van der Waals surface area contributed by atoms with E-state index in [1.165, 1.54) is 17.2 Å². The number of hydrogen-bond donors (Lipinski definition) is 3. The Kier molecular flexibility index (Phi) is 3.02. The van der Waals surface area contributed by atoms with Crippen LogP contribution in [0.4, 0.5) is 0 Å². The van der Waals surface area contributed by atoms with Crippen LogP contribution in [-0.2, 0) is 4.74 Å². The highest BCUT2D eigenvalue weighted by Gasteiger charge is 2.43. The lowest BCUT2D eigenvalue weighted by Gasteiger charge is -2.16. The van der Waals surface area contributed by atoms with Crippen LogP contribution in [0.2, 0.25) is 0 Å². The summed E-state index contributed by atoms with van der Waals surface area (Å²) in [4.78, 5) is 21.9. The van der Waals surface area contributed by atoms with E-state index in [1.54, 1.807) is 0 Å². The lowest BCUT2D eigenvalue weighted by atomic mass is 10.1. The van der Waals surface area contributed by atoms with Crippen LogP contribution in [0.5, 0.6) is 0 Å². The normalized spacial score (nSPS) is 31.1. The number of alkyl halides is 1. The van der Waals surface area contributed by atoms with Crippen molar-refractivity contribution in [1.82, 2.24) is 19.5 Å². The molecule has 4 atom stereocenters. The van der Waals surface area contributed by atoms with Crippen LogP contribution in [0.15, 0.2) is 17.4 Å². The number of ether oxygens (including phenoxy) is 1. The molecule has 3 rings (SSSR count). The Balaban J connectivity index is 2.06. The first-order chi connectivity index (χ1) is 9.13. The highest BCUT2D eigenvalue weighted by atomic mass is 35.5. The fourth-order valence-electron chi connectivity index (χ4n) is 2.14. The highest BCUT2D eigenvalue weighted by molar-refractivity contribution is 6.18. The molecule has 1 aliphatic heterocycles. The standard InChI is InChI=1S/C10H11ClN4O4/c11-1-4-6(16)7(17)10(19-4)15-3-14-5-8(15)12-2-13-9(5)18/h2-4,6-7,10,16-17H,1H2,(H,12,13,18)/t4-,6+,7-,10-/m1/s1. The summed E-state index contributed by atoms with van der Waals surface area (Å²) in [7, 11) is 0. The summed E-state index contributed by atoms with van der Waals surface area (Å²) in [6.07, 6.45) is -1.24. The SMILES string of the molecule is O=c1[nH]cnc2c1ncn2[C@@H]1O[C@H](CCl)[C@H](O)[C@H]1O. The number of fused-ring (bicyclic) bond motifs is 1. The Bertz CT molecular complexity index is 656. The molecule has 0 saturated carbocycles. The van der Waals surface area contributed by atoms with Crippen molar-refractivity contribution in [2.45, 2.75) is 24.5 Å². The molecular weight excluding hydrogens is 276 g/mol. The average Bonchev–Trinajstić information content (AvgIpc) is 2.94. The zero-order valence-electron chi connectivity index (χ0n) is 9.60. The first kappa shape index (κ1) is 12.5. The van der Waals surface area contributed by atoms with Gasteiger partial charge in [-0.05, 0) is 0 Å². The second-order valence-electron chi connectivity index (χ2n) is 4.26. The first-order valence-corrected chi connectivity index (χ1v) is 6.14. The molecule has 0 spiro atoms. The summed E-state index contributed by atoms with van der Waals surface area (Å²) in [5, 5.41) is 19.7. The predicted octanol–water partition coefficient (Wildman–Crippen LogP) is -1.02. The summed E-state index contributed by atoms with van der Waals surface area (Å²) in [5.74, 6) is 0.0510. The predicted molar refractivity (Wildman–Crippen MR) is 64.8 cm³/mol. The van der Waals surface area contributed by atoms with E-state index in [-0.39, 0.29) is 22.6 Å². The van der Waals surface area contributed by atoms with Crippen molar-refractivity contribution >= 4 is 22.8 Å². The molecule has 3 heterocycles. The van der Waals surface area contributed by atoms with Gasteiger partial charge in [0.15, 0.2) is 17.4 Å². The third kappa shape index (κ3) is 1.84. The molecule has 1 aliphatic rings. The van der Waals surface area contributed by atoms with E-state index in [0.717, 1.165) is 0 Å². The van der Waals surface area contributed by atoms with Crippen LogP contribution >= 0.6 is 11.6 Å². The van der Waals surface area contributed by atoms with Crippen molar-refractivity contribution in [3.8, 4) is 0 Å². The number of rotatable bonds is 2. The minimum Gasteiger partial charge on any atom is -0.387 e. The average molecular weight is 287 g/mol. The van der Waals surface area contributed by atoms with E-state index < -0.39 is 24.5 Å². The minimum absolute atomic E-state index is 0.0510. The van der Waals surface area contributed by atoms with Crippen LogP contribution < -0.4 is 5.56 Å². The number of hydrogen-bond acceptors (Lipinski definition) is 6. The molecule has 1 fully saturated rings. The molecule has 0 amide bonds. The van der Waals surface area contributed by atoms with E-state index >= 15 is 0 Å². The van der Waals surface area contributed by atoms with Crippen LogP contribution in [0.3, 0.4) is 0 Å². The molecule has 0 aromatic carbocycles. The summed E-state index contributed by atoms with van der Waals surface area (Å²) in [6, 6.07) is 0. The summed E-state index contributed by atoms with van der Waals surface area (Å²) in [6.45, 7) is 0. The van der Waals surface area contributed by atoms with Gasteiger partial charge in [0.05, 0.1) is 18.5 Å². The molecule has 9 heteroatoms. The molecule has 102 valence electrons. The van der Waals surface area contributed by atoms with E-state index in [9.17, 15) is 15.0 Å². The topological polar surface area (TPSA) is 113 Å². The Labute approximate surface area is 111 Å². The van der Waals surface area contributed by atoms with Gasteiger partial charge in [-0.3, -0.25) is 9.36 Å². The third-order valence-corrected chi connectivity index (χ3v) is 3.43. The fraction of sp³-hybridized carbons (Fsp3) is 0.500. The molecule has 2 aromatic rings. The van der Waals surface area contributed by atoms with Crippen LogP contribution in [0.1, 0.15) is 6.23 Å². The van der Waals surface area contributed by atoms with E-state index in [0.29, 0.717) is 0 Å². The van der Waals surface area contributed by atoms with Crippen molar-refractivity contribution in [2.75, 3.05) is 5.88 Å². The summed E-state index contributed by atoms with van der Waals surface area (Å²) in [5.41, 5.74) is 0.0306. The van der Waals surface area contributed by atoms with Crippen molar-refractivity contribution in [3.05, 3.63) is 23.0 Å². The highest BCUT2D eigenvalue weighted by Crippen LogP contribution is 2.31.